The van der Waals surface area contributed by atoms with E-state index in [1.54, 1.807) is 18.6 Å². The van der Waals surface area contributed by atoms with Crippen LogP contribution >= 0.6 is 0 Å². The van der Waals surface area contributed by atoms with Crippen molar-refractivity contribution in [2.45, 2.75) is 12.5 Å². The molecule has 0 aliphatic carbocycles. The Labute approximate surface area is 173 Å². The monoisotopic (exact) mass is 403 g/mol. The third-order valence-electron chi connectivity index (χ3n) is 5.15. The lowest BCUT2D eigenvalue weighted by Crippen LogP contribution is -2.52. The van der Waals surface area contributed by atoms with E-state index in [9.17, 15) is 5.21 Å². The standard InChI is InChI=1S/C22H21N5O3/c1-22(13-27(28)9-10-30-22)14-29-21-20-19(24-7-8-25-20)12-18(26-21)16-4-5-17-15(11-16)3-2-6-23-17/h2-8,11-12,28H,9-10,13-14H2,1H3/t22-/m1/s1. The molecule has 1 atom stereocenters. The Morgan fingerprint density at radius 2 is 1.97 bits per heavy atom. The van der Waals surface area contributed by atoms with E-state index in [2.05, 4.69) is 15.0 Å². The summed E-state index contributed by atoms with van der Waals surface area (Å²) < 4.78 is 11.9. The molecule has 0 saturated carbocycles. The van der Waals surface area contributed by atoms with Gasteiger partial charge in [0, 0.05) is 36.1 Å². The number of ether oxygens (including phenoxy) is 2. The van der Waals surface area contributed by atoms with Gasteiger partial charge in [0.25, 0.3) is 0 Å². The SMILES string of the molecule is C[C@]1(COc2nc(-c3ccc4ncccc4c3)cc3nccnc23)CN(O)CCO1. The first-order valence-corrected chi connectivity index (χ1v) is 9.77. The van der Waals surface area contributed by atoms with Crippen LogP contribution in [0.5, 0.6) is 5.88 Å². The Bertz CT molecular complexity index is 1220. The molecule has 1 aromatic carbocycles. The van der Waals surface area contributed by atoms with Gasteiger partial charge in [-0.3, -0.25) is 9.97 Å². The number of hydrogen-bond acceptors (Lipinski definition) is 8. The summed E-state index contributed by atoms with van der Waals surface area (Å²) in [6.07, 6.45) is 5.04. The molecule has 0 amide bonds. The van der Waals surface area contributed by atoms with Gasteiger partial charge < -0.3 is 14.7 Å². The topological polar surface area (TPSA) is 93.5 Å². The molecule has 30 heavy (non-hydrogen) atoms. The zero-order valence-corrected chi connectivity index (χ0v) is 16.5. The predicted octanol–water partition coefficient (Wildman–Crippen LogP) is 3.10. The summed E-state index contributed by atoms with van der Waals surface area (Å²) in [6, 6.07) is 11.8. The maximum atomic E-state index is 9.85. The Morgan fingerprint density at radius 1 is 1.10 bits per heavy atom. The molecule has 1 aliphatic rings. The van der Waals surface area contributed by atoms with Crippen molar-refractivity contribution in [3.63, 3.8) is 0 Å². The number of morpholine rings is 1. The highest BCUT2D eigenvalue weighted by Crippen LogP contribution is 2.29. The maximum Gasteiger partial charge on any atom is 0.242 e. The van der Waals surface area contributed by atoms with E-state index in [0.29, 0.717) is 36.6 Å². The number of fused-ring (bicyclic) bond motifs is 2. The van der Waals surface area contributed by atoms with Crippen molar-refractivity contribution >= 4 is 21.9 Å². The number of pyridine rings is 2. The van der Waals surface area contributed by atoms with Crippen LogP contribution in [-0.2, 0) is 4.74 Å². The van der Waals surface area contributed by atoms with Crippen molar-refractivity contribution in [2.75, 3.05) is 26.3 Å². The lowest BCUT2D eigenvalue weighted by Gasteiger charge is -2.37. The first-order chi connectivity index (χ1) is 14.6. The average molecular weight is 403 g/mol. The molecule has 0 radical (unpaired) electrons. The highest BCUT2D eigenvalue weighted by atomic mass is 16.6. The highest BCUT2D eigenvalue weighted by Gasteiger charge is 2.33. The molecule has 1 aliphatic heterocycles. The molecule has 8 heteroatoms. The smallest absolute Gasteiger partial charge is 0.242 e. The highest BCUT2D eigenvalue weighted by molar-refractivity contribution is 5.87. The van der Waals surface area contributed by atoms with Crippen molar-refractivity contribution < 1.29 is 14.7 Å². The van der Waals surface area contributed by atoms with Gasteiger partial charge in [-0.2, -0.15) is 5.06 Å². The third kappa shape index (κ3) is 3.68. The fourth-order valence-corrected chi connectivity index (χ4v) is 3.64. The molecule has 1 saturated heterocycles. The molecule has 5 rings (SSSR count). The molecule has 0 unspecified atom stereocenters. The maximum absolute atomic E-state index is 9.85. The molecule has 3 aromatic heterocycles. The van der Waals surface area contributed by atoms with Gasteiger partial charge in [-0.1, -0.05) is 12.1 Å². The Balaban J connectivity index is 1.52. The van der Waals surface area contributed by atoms with Crippen LogP contribution in [-0.4, -0.2) is 62.1 Å². The molecule has 152 valence electrons. The van der Waals surface area contributed by atoms with Gasteiger partial charge in [0.2, 0.25) is 5.88 Å². The van der Waals surface area contributed by atoms with Crippen LogP contribution in [0.2, 0.25) is 0 Å². The van der Waals surface area contributed by atoms with E-state index >= 15 is 0 Å². The molecular weight excluding hydrogens is 382 g/mol. The largest absolute Gasteiger partial charge is 0.473 e. The average Bonchev–Trinajstić information content (AvgIpc) is 2.77. The lowest BCUT2D eigenvalue weighted by molar-refractivity contribution is -0.209. The Hall–Kier alpha value is -3.20. The molecular formula is C22H21N5O3. The van der Waals surface area contributed by atoms with Crippen molar-refractivity contribution in [1.29, 1.82) is 0 Å². The fraction of sp³-hybridized carbons (Fsp3) is 0.273. The number of aromatic nitrogens is 4. The van der Waals surface area contributed by atoms with Crippen LogP contribution in [0.15, 0.2) is 55.0 Å². The fourth-order valence-electron chi connectivity index (χ4n) is 3.64. The van der Waals surface area contributed by atoms with Gasteiger partial charge in [-0.25, -0.2) is 9.97 Å². The van der Waals surface area contributed by atoms with E-state index in [1.807, 2.05) is 43.3 Å². The van der Waals surface area contributed by atoms with Gasteiger partial charge in [-0.15, -0.1) is 0 Å². The molecule has 4 aromatic rings. The number of hydrogen-bond donors (Lipinski definition) is 1. The van der Waals surface area contributed by atoms with E-state index in [1.165, 1.54) is 5.06 Å². The summed E-state index contributed by atoms with van der Waals surface area (Å²) >= 11 is 0. The Kier molecular flexibility index (Phi) is 4.74. The van der Waals surface area contributed by atoms with Gasteiger partial charge in [0.1, 0.15) is 12.2 Å². The third-order valence-corrected chi connectivity index (χ3v) is 5.15. The van der Waals surface area contributed by atoms with Crippen LogP contribution in [0.25, 0.3) is 33.2 Å². The molecule has 0 bridgehead atoms. The van der Waals surface area contributed by atoms with Gasteiger partial charge in [0.05, 0.1) is 29.9 Å². The summed E-state index contributed by atoms with van der Waals surface area (Å²) in [6.45, 7) is 3.41. The zero-order valence-electron chi connectivity index (χ0n) is 16.5. The normalized spacial score (nSPS) is 19.9. The quantitative estimate of drug-likeness (QED) is 0.556. The van der Waals surface area contributed by atoms with E-state index < -0.39 is 5.60 Å². The van der Waals surface area contributed by atoms with Crippen LogP contribution in [0.3, 0.4) is 0 Å². The van der Waals surface area contributed by atoms with Gasteiger partial charge in [-0.05, 0) is 31.2 Å². The van der Waals surface area contributed by atoms with Crippen molar-refractivity contribution in [3.8, 4) is 17.1 Å². The molecule has 1 fully saturated rings. The summed E-state index contributed by atoms with van der Waals surface area (Å²) in [7, 11) is 0. The number of hydroxylamine groups is 2. The van der Waals surface area contributed by atoms with Crippen molar-refractivity contribution in [2.24, 2.45) is 0 Å². The molecule has 8 nitrogen and oxygen atoms in total. The second kappa shape index (κ2) is 7.56. The summed E-state index contributed by atoms with van der Waals surface area (Å²) in [5.41, 5.74) is 3.24. The second-order valence-electron chi connectivity index (χ2n) is 7.62. The predicted molar refractivity (Wildman–Crippen MR) is 111 cm³/mol. The summed E-state index contributed by atoms with van der Waals surface area (Å²) in [5, 5.41) is 12.1. The molecule has 4 heterocycles. The first-order valence-electron chi connectivity index (χ1n) is 9.77. The minimum atomic E-state index is -0.645. The molecule has 1 N–H and O–H groups in total. The summed E-state index contributed by atoms with van der Waals surface area (Å²) in [4.78, 5) is 18.0. The summed E-state index contributed by atoms with van der Waals surface area (Å²) in [5.74, 6) is 0.391. The van der Waals surface area contributed by atoms with Crippen LogP contribution < -0.4 is 4.74 Å². The van der Waals surface area contributed by atoms with Crippen LogP contribution in [0.4, 0.5) is 0 Å². The zero-order chi connectivity index (χ0) is 20.6. The second-order valence-corrected chi connectivity index (χ2v) is 7.62. The minimum absolute atomic E-state index is 0.230. The number of benzene rings is 1. The van der Waals surface area contributed by atoms with Crippen molar-refractivity contribution in [3.05, 3.63) is 55.0 Å². The van der Waals surface area contributed by atoms with E-state index in [4.69, 9.17) is 14.5 Å². The number of nitrogens with zero attached hydrogens (tertiary/aromatic N) is 5. The van der Waals surface area contributed by atoms with Gasteiger partial charge in [0.15, 0.2) is 5.52 Å². The molecule has 0 spiro atoms. The van der Waals surface area contributed by atoms with Crippen LogP contribution in [0, 0.1) is 0 Å². The Morgan fingerprint density at radius 3 is 2.87 bits per heavy atom. The van der Waals surface area contributed by atoms with Gasteiger partial charge >= 0.3 is 0 Å². The van der Waals surface area contributed by atoms with Crippen LogP contribution in [0.1, 0.15) is 6.92 Å². The first kappa shape index (κ1) is 18.8. The van der Waals surface area contributed by atoms with E-state index in [0.717, 1.165) is 22.2 Å². The lowest BCUT2D eigenvalue weighted by atomic mass is 10.1. The van der Waals surface area contributed by atoms with Crippen molar-refractivity contribution in [1.82, 2.24) is 25.0 Å². The minimum Gasteiger partial charge on any atom is -0.473 e. The van der Waals surface area contributed by atoms with E-state index in [-0.39, 0.29) is 6.61 Å². The number of rotatable bonds is 4.